The smallest absolute Gasteiger partial charge is 0.168 e. The average molecular weight is 316 g/mol. The molecule has 3 aromatic heterocycles. The minimum absolute atomic E-state index is 0.606. The van der Waals surface area contributed by atoms with E-state index in [4.69, 9.17) is 0 Å². The first-order chi connectivity index (χ1) is 11.8. The molecule has 0 aliphatic rings. The van der Waals surface area contributed by atoms with E-state index in [0.29, 0.717) is 6.54 Å². The first kappa shape index (κ1) is 14.3. The fraction of sp³-hybridized carbons (Fsp3) is 0.111. The highest BCUT2D eigenvalue weighted by atomic mass is 15.3. The van der Waals surface area contributed by atoms with Crippen LogP contribution in [0.1, 0.15) is 11.3 Å². The van der Waals surface area contributed by atoms with E-state index in [9.17, 15) is 0 Å². The highest BCUT2D eigenvalue weighted by Crippen LogP contribution is 2.22. The zero-order valence-electron chi connectivity index (χ0n) is 13.2. The molecule has 0 unspecified atom stereocenters. The molecule has 24 heavy (non-hydrogen) atoms. The van der Waals surface area contributed by atoms with Crippen LogP contribution in [0.15, 0.2) is 61.2 Å². The van der Waals surface area contributed by atoms with Crippen LogP contribution in [0.25, 0.3) is 16.7 Å². The molecule has 0 saturated heterocycles. The summed E-state index contributed by atoms with van der Waals surface area (Å²) in [6, 6.07) is 13.9. The minimum atomic E-state index is 0.606. The Labute approximate surface area is 139 Å². The lowest BCUT2D eigenvalue weighted by molar-refractivity contribution is 0.895. The molecule has 0 bridgehead atoms. The number of fused-ring (bicyclic) bond motifs is 1. The van der Waals surface area contributed by atoms with E-state index in [1.807, 2.05) is 54.1 Å². The van der Waals surface area contributed by atoms with Gasteiger partial charge >= 0.3 is 0 Å². The number of nitrogens with zero attached hydrogens (tertiary/aromatic N) is 5. The molecule has 0 saturated carbocycles. The number of para-hydroxylation sites is 1. The zero-order valence-corrected chi connectivity index (χ0v) is 13.2. The summed E-state index contributed by atoms with van der Waals surface area (Å²) in [5, 5.41) is 8.68. The summed E-state index contributed by atoms with van der Waals surface area (Å²) >= 11 is 0. The number of aromatic nitrogens is 5. The molecule has 0 radical (unpaired) electrons. The summed E-state index contributed by atoms with van der Waals surface area (Å²) in [4.78, 5) is 13.1. The average Bonchev–Trinajstić information content (AvgIpc) is 3.06. The van der Waals surface area contributed by atoms with E-state index >= 15 is 0 Å². The van der Waals surface area contributed by atoms with Crippen LogP contribution >= 0.6 is 0 Å². The van der Waals surface area contributed by atoms with Gasteiger partial charge in [0.15, 0.2) is 5.65 Å². The maximum atomic E-state index is 4.46. The Balaban J connectivity index is 1.68. The van der Waals surface area contributed by atoms with Crippen molar-refractivity contribution < 1.29 is 0 Å². The van der Waals surface area contributed by atoms with Gasteiger partial charge in [0, 0.05) is 6.20 Å². The number of pyridine rings is 1. The van der Waals surface area contributed by atoms with Crippen molar-refractivity contribution >= 4 is 16.9 Å². The van der Waals surface area contributed by atoms with Crippen LogP contribution in [0.5, 0.6) is 0 Å². The molecule has 4 rings (SSSR count). The number of hydrogen-bond acceptors (Lipinski definition) is 5. The topological polar surface area (TPSA) is 68.5 Å². The second-order valence-electron chi connectivity index (χ2n) is 5.47. The summed E-state index contributed by atoms with van der Waals surface area (Å²) in [7, 11) is 0. The van der Waals surface area contributed by atoms with E-state index in [-0.39, 0.29) is 0 Å². The van der Waals surface area contributed by atoms with Gasteiger partial charge in [-0.25, -0.2) is 14.6 Å². The molecule has 0 atom stereocenters. The summed E-state index contributed by atoms with van der Waals surface area (Å²) < 4.78 is 1.81. The third kappa shape index (κ3) is 2.58. The SMILES string of the molecule is Cc1cccnc1CNc1ncnc2c1cnn2-c1ccccc1. The summed E-state index contributed by atoms with van der Waals surface area (Å²) in [6.45, 7) is 2.66. The maximum Gasteiger partial charge on any atom is 0.168 e. The van der Waals surface area contributed by atoms with E-state index in [0.717, 1.165) is 33.8 Å². The van der Waals surface area contributed by atoms with Crippen molar-refractivity contribution in [3.05, 3.63) is 72.4 Å². The Morgan fingerprint density at radius 3 is 2.71 bits per heavy atom. The van der Waals surface area contributed by atoms with Crippen molar-refractivity contribution in [1.29, 1.82) is 0 Å². The summed E-state index contributed by atoms with van der Waals surface area (Å²) in [6.07, 6.45) is 5.14. The Hall–Kier alpha value is -3.28. The third-order valence-electron chi connectivity index (χ3n) is 3.91. The van der Waals surface area contributed by atoms with Crippen LogP contribution in [0, 0.1) is 6.92 Å². The Kier molecular flexibility index (Phi) is 3.63. The van der Waals surface area contributed by atoms with Crippen LogP contribution in [-0.4, -0.2) is 24.7 Å². The van der Waals surface area contributed by atoms with Crippen LogP contribution in [0.4, 0.5) is 5.82 Å². The van der Waals surface area contributed by atoms with Gasteiger partial charge in [-0.15, -0.1) is 0 Å². The number of hydrogen-bond donors (Lipinski definition) is 1. The molecule has 0 aliphatic carbocycles. The van der Waals surface area contributed by atoms with E-state index < -0.39 is 0 Å². The number of benzene rings is 1. The number of anilines is 1. The van der Waals surface area contributed by atoms with E-state index in [1.54, 1.807) is 18.7 Å². The molecule has 6 nitrogen and oxygen atoms in total. The molecule has 0 amide bonds. The predicted molar refractivity (Wildman–Crippen MR) is 93.0 cm³/mol. The minimum Gasteiger partial charge on any atom is -0.364 e. The normalized spacial score (nSPS) is 10.9. The molecule has 0 spiro atoms. The Bertz CT molecular complexity index is 977. The Morgan fingerprint density at radius 1 is 1.00 bits per heavy atom. The lowest BCUT2D eigenvalue weighted by Crippen LogP contribution is -2.05. The molecule has 3 heterocycles. The first-order valence-electron chi connectivity index (χ1n) is 7.71. The van der Waals surface area contributed by atoms with Crippen molar-refractivity contribution in [3.63, 3.8) is 0 Å². The fourth-order valence-corrected chi connectivity index (χ4v) is 2.61. The van der Waals surface area contributed by atoms with Crippen LogP contribution < -0.4 is 5.32 Å². The lowest BCUT2D eigenvalue weighted by atomic mass is 10.2. The number of rotatable bonds is 4. The predicted octanol–water partition coefficient (Wildman–Crippen LogP) is 3.13. The number of aryl methyl sites for hydroxylation is 1. The highest BCUT2D eigenvalue weighted by Gasteiger charge is 2.11. The fourth-order valence-electron chi connectivity index (χ4n) is 2.61. The van der Waals surface area contributed by atoms with Crippen LogP contribution in [0.2, 0.25) is 0 Å². The number of nitrogens with one attached hydrogen (secondary N) is 1. The van der Waals surface area contributed by atoms with Gasteiger partial charge in [0.05, 0.1) is 29.5 Å². The van der Waals surface area contributed by atoms with Gasteiger partial charge in [-0.1, -0.05) is 24.3 Å². The molecule has 118 valence electrons. The second kappa shape index (κ2) is 6.08. The lowest BCUT2D eigenvalue weighted by Gasteiger charge is -2.08. The van der Waals surface area contributed by atoms with Crippen molar-refractivity contribution in [2.45, 2.75) is 13.5 Å². The third-order valence-corrected chi connectivity index (χ3v) is 3.91. The molecular formula is C18H16N6. The van der Waals surface area contributed by atoms with Gasteiger partial charge in [0.1, 0.15) is 12.1 Å². The molecule has 1 N–H and O–H groups in total. The Morgan fingerprint density at radius 2 is 1.88 bits per heavy atom. The molecular weight excluding hydrogens is 300 g/mol. The quantitative estimate of drug-likeness (QED) is 0.626. The first-order valence-corrected chi connectivity index (χ1v) is 7.71. The highest BCUT2D eigenvalue weighted by molar-refractivity contribution is 5.87. The monoisotopic (exact) mass is 316 g/mol. The summed E-state index contributed by atoms with van der Waals surface area (Å²) in [5.74, 6) is 0.757. The van der Waals surface area contributed by atoms with E-state index in [2.05, 4.69) is 25.4 Å². The van der Waals surface area contributed by atoms with Gasteiger partial charge in [0.2, 0.25) is 0 Å². The van der Waals surface area contributed by atoms with Crippen LogP contribution in [-0.2, 0) is 6.54 Å². The largest absolute Gasteiger partial charge is 0.364 e. The zero-order chi connectivity index (χ0) is 16.4. The molecule has 4 aromatic rings. The van der Waals surface area contributed by atoms with Crippen molar-refractivity contribution in [2.24, 2.45) is 0 Å². The summed E-state index contributed by atoms with van der Waals surface area (Å²) in [5.41, 5.74) is 3.89. The van der Waals surface area contributed by atoms with Crippen LogP contribution in [0.3, 0.4) is 0 Å². The van der Waals surface area contributed by atoms with Crippen molar-refractivity contribution in [2.75, 3.05) is 5.32 Å². The molecule has 1 aromatic carbocycles. The van der Waals surface area contributed by atoms with Crippen molar-refractivity contribution in [1.82, 2.24) is 24.7 Å². The van der Waals surface area contributed by atoms with Crippen molar-refractivity contribution in [3.8, 4) is 5.69 Å². The molecule has 6 heteroatoms. The van der Waals surface area contributed by atoms with Gasteiger partial charge in [0.25, 0.3) is 0 Å². The maximum absolute atomic E-state index is 4.46. The molecule has 0 aliphatic heterocycles. The van der Waals surface area contributed by atoms with Gasteiger partial charge < -0.3 is 5.32 Å². The molecule has 0 fully saturated rings. The van der Waals surface area contributed by atoms with Gasteiger partial charge in [-0.05, 0) is 30.7 Å². The van der Waals surface area contributed by atoms with E-state index in [1.165, 1.54) is 0 Å². The van der Waals surface area contributed by atoms with Gasteiger partial charge in [-0.3, -0.25) is 4.98 Å². The standard InChI is InChI=1S/C18H16N6/c1-13-6-5-9-19-16(13)11-20-17-15-10-23-24(18(15)22-12-21-17)14-7-3-2-4-8-14/h2-10,12H,11H2,1H3,(H,20,21,22). The second-order valence-corrected chi connectivity index (χ2v) is 5.47. The van der Waals surface area contributed by atoms with Gasteiger partial charge in [-0.2, -0.15) is 5.10 Å².